The minimum absolute atomic E-state index is 0.0454. The van der Waals surface area contributed by atoms with E-state index in [0.717, 1.165) is 50.5 Å². The fraction of sp³-hybridized carbons (Fsp3) is 0.824. The van der Waals surface area contributed by atoms with Crippen LogP contribution in [0.2, 0.25) is 0 Å². The predicted molar refractivity (Wildman–Crippen MR) is 154 cm³/mol. The van der Waals surface area contributed by atoms with Crippen molar-refractivity contribution < 1.29 is 28.6 Å². The van der Waals surface area contributed by atoms with Crippen LogP contribution >= 0.6 is 0 Å². The molecule has 0 aromatic rings. The number of fused-ring (bicyclic) bond motifs is 7. The van der Waals surface area contributed by atoms with Crippen molar-refractivity contribution in [3.8, 4) is 0 Å². The Balaban J connectivity index is 1.64. The van der Waals surface area contributed by atoms with E-state index in [1.165, 1.54) is 7.11 Å². The first-order valence-corrected chi connectivity index (χ1v) is 15.4. The van der Waals surface area contributed by atoms with E-state index in [0.29, 0.717) is 6.42 Å². The number of esters is 1. The van der Waals surface area contributed by atoms with Crippen LogP contribution in [0.25, 0.3) is 4.85 Å². The summed E-state index contributed by atoms with van der Waals surface area (Å²) >= 11 is 0. The highest BCUT2D eigenvalue weighted by Gasteiger charge is 2.72. The van der Waals surface area contributed by atoms with Gasteiger partial charge in [0.25, 0.3) is 6.04 Å². The van der Waals surface area contributed by atoms with E-state index in [2.05, 4.69) is 39.5 Å². The lowest BCUT2D eigenvalue weighted by Crippen LogP contribution is -2.67. The molecule has 0 aromatic heterocycles. The molecule has 4 saturated carbocycles. The highest BCUT2D eigenvalue weighted by Crippen LogP contribution is 2.75. The third-order valence-electron chi connectivity index (χ3n) is 13.3. The number of hydrogen-bond donors (Lipinski definition) is 0. The van der Waals surface area contributed by atoms with Crippen molar-refractivity contribution in [1.82, 2.24) is 0 Å². The van der Waals surface area contributed by atoms with E-state index >= 15 is 0 Å². The molecule has 0 amide bonds. The van der Waals surface area contributed by atoms with Crippen molar-refractivity contribution >= 4 is 17.5 Å². The van der Waals surface area contributed by atoms with Gasteiger partial charge in [-0.1, -0.05) is 40.2 Å². The van der Waals surface area contributed by atoms with Crippen molar-refractivity contribution in [1.29, 1.82) is 0 Å². The first-order valence-electron chi connectivity index (χ1n) is 15.4. The molecule has 41 heavy (non-hydrogen) atoms. The zero-order valence-corrected chi connectivity index (χ0v) is 26.4. The van der Waals surface area contributed by atoms with E-state index in [4.69, 9.17) is 20.8 Å². The highest BCUT2D eigenvalue weighted by atomic mass is 16.7. The Morgan fingerprint density at radius 1 is 1.00 bits per heavy atom. The number of allylic oxidation sites excluding steroid dienone is 2. The number of hydrogen-bond acceptors (Lipinski definition) is 6. The molecule has 5 rings (SSSR count). The van der Waals surface area contributed by atoms with Gasteiger partial charge in [0, 0.05) is 24.9 Å². The molecule has 1 unspecified atom stereocenters. The van der Waals surface area contributed by atoms with Crippen LogP contribution in [-0.2, 0) is 28.6 Å². The maximum Gasteiger partial charge on any atom is 0.312 e. The van der Waals surface area contributed by atoms with Crippen LogP contribution in [0.4, 0.5) is 0 Å². The zero-order chi connectivity index (χ0) is 30.2. The summed E-state index contributed by atoms with van der Waals surface area (Å²) in [5.74, 6) is -0.460. The fourth-order valence-electron chi connectivity index (χ4n) is 10.9. The summed E-state index contributed by atoms with van der Waals surface area (Å²) in [5.41, 5.74) is -1.41. The van der Waals surface area contributed by atoms with Gasteiger partial charge >= 0.3 is 5.97 Å². The van der Waals surface area contributed by atoms with Gasteiger partial charge in [-0.2, -0.15) is 0 Å². The van der Waals surface area contributed by atoms with E-state index in [1.807, 2.05) is 13.0 Å². The number of rotatable bonds is 5. The van der Waals surface area contributed by atoms with Crippen LogP contribution in [-0.4, -0.2) is 51.2 Å². The largest absolute Gasteiger partial charge is 0.469 e. The monoisotopic (exact) mass is 567 g/mol. The molecule has 5 aliphatic carbocycles. The normalized spacial score (nSPS) is 46.7. The maximum atomic E-state index is 14.6. The molecule has 226 valence electrons. The van der Waals surface area contributed by atoms with Crippen molar-refractivity contribution in [3.63, 3.8) is 0 Å². The third-order valence-corrected chi connectivity index (χ3v) is 13.3. The molecule has 4 fully saturated rings. The molecule has 0 aromatic carbocycles. The standard InChI is InChI=1S/C34H49NO6/c1-29(2)12-14-34(28(38)40-9)15-13-33(6)26(21(34)17-29)23(36)16-25-30(3)18-22(35-7)27(37)31(4,19-41-20-39-8)24(30)10-11-32(25,33)5/h16,21-22,24,26H,10-15,17-20H2,1-6,8-9H3/t21-,22?,24+,26-,30-,31+,32+,33+,34-/m0/s1. The number of methoxy groups -OCH3 is 2. The fourth-order valence-corrected chi connectivity index (χ4v) is 10.9. The summed E-state index contributed by atoms with van der Waals surface area (Å²) < 4.78 is 16.4. The Hall–Kier alpha value is -2.04. The topological polar surface area (TPSA) is 83.3 Å². The van der Waals surface area contributed by atoms with Gasteiger partial charge in [0.05, 0.1) is 24.5 Å². The lowest BCUT2D eigenvalue weighted by Gasteiger charge is -2.69. The molecule has 0 spiro atoms. The second-order valence-corrected chi connectivity index (χ2v) is 15.7. The van der Waals surface area contributed by atoms with Crippen LogP contribution in [0.1, 0.15) is 92.9 Å². The van der Waals surface area contributed by atoms with Crippen molar-refractivity contribution in [2.75, 3.05) is 27.6 Å². The zero-order valence-electron chi connectivity index (χ0n) is 26.4. The predicted octanol–water partition coefficient (Wildman–Crippen LogP) is 6.21. The van der Waals surface area contributed by atoms with Gasteiger partial charge < -0.3 is 19.1 Å². The number of carbonyl (C=O) groups is 3. The molecule has 0 heterocycles. The minimum Gasteiger partial charge on any atom is -0.469 e. The molecule has 0 N–H and O–H groups in total. The number of carbonyl (C=O) groups excluding carboxylic acids is 3. The Kier molecular flexibility index (Phi) is 7.23. The van der Waals surface area contributed by atoms with E-state index < -0.39 is 22.3 Å². The number of nitrogens with zero attached hydrogens (tertiary/aromatic N) is 1. The van der Waals surface area contributed by atoms with Crippen molar-refractivity contribution in [2.45, 2.75) is 99.0 Å². The van der Waals surface area contributed by atoms with Gasteiger partial charge in [0.15, 0.2) is 5.78 Å². The van der Waals surface area contributed by atoms with Crippen molar-refractivity contribution in [3.05, 3.63) is 23.1 Å². The highest BCUT2D eigenvalue weighted by molar-refractivity contribution is 5.97. The maximum absolute atomic E-state index is 14.6. The second kappa shape index (κ2) is 9.74. The molecule has 9 atom stereocenters. The van der Waals surface area contributed by atoms with Gasteiger partial charge in [-0.05, 0) is 86.0 Å². The summed E-state index contributed by atoms with van der Waals surface area (Å²) in [6.45, 7) is 21.5. The minimum atomic E-state index is -0.844. The molecule has 7 nitrogen and oxygen atoms in total. The smallest absolute Gasteiger partial charge is 0.312 e. The van der Waals surface area contributed by atoms with Gasteiger partial charge in [-0.15, -0.1) is 0 Å². The Bertz CT molecular complexity index is 1220. The van der Waals surface area contributed by atoms with Gasteiger partial charge in [0.1, 0.15) is 6.79 Å². The molecule has 7 heteroatoms. The van der Waals surface area contributed by atoms with Gasteiger partial charge in [0.2, 0.25) is 5.78 Å². The van der Waals surface area contributed by atoms with Crippen LogP contribution in [0, 0.1) is 56.8 Å². The van der Waals surface area contributed by atoms with Crippen LogP contribution in [0.15, 0.2) is 11.6 Å². The Labute approximate surface area is 245 Å². The number of Topliss-reactive ketones (excluding diaryl/α,β-unsaturated/α-hetero) is 1. The quantitative estimate of drug-likeness (QED) is 0.170. The van der Waals surface area contributed by atoms with Crippen LogP contribution in [0.3, 0.4) is 0 Å². The molecule has 0 bridgehead atoms. The molecule has 0 saturated heterocycles. The first kappa shape index (κ1) is 30.4. The van der Waals surface area contributed by atoms with Gasteiger partial charge in [-0.25, -0.2) is 6.57 Å². The molecule has 0 aliphatic heterocycles. The number of ketones is 2. The lowest BCUT2D eigenvalue weighted by atomic mass is 9.33. The number of ether oxygens (including phenoxy) is 3. The van der Waals surface area contributed by atoms with E-state index in [-0.39, 0.29) is 64.9 Å². The molecular weight excluding hydrogens is 518 g/mol. The summed E-state index contributed by atoms with van der Waals surface area (Å²) in [5, 5.41) is 0. The molecule has 5 aliphatic rings. The lowest BCUT2D eigenvalue weighted by molar-refractivity contribution is -0.194. The van der Waals surface area contributed by atoms with Crippen LogP contribution in [0.5, 0.6) is 0 Å². The Morgan fingerprint density at radius 3 is 2.32 bits per heavy atom. The second-order valence-electron chi connectivity index (χ2n) is 15.7. The van der Waals surface area contributed by atoms with Gasteiger partial charge in [-0.3, -0.25) is 14.4 Å². The summed E-state index contributed by atoms with van der Waals surface area (Å²) in [4.78, 5) is 45.6. The molecular formula is C34H49NO6. The summed E-state index contributed by atoms with van der Waals surface area (Å²) in [6.07, 6.45) is 8.08. The third kappa shape index (κ3) is 3.99. The van der Waals surface area contributed by atoms with Crippen molar-refractivity contribution in [2.24, 2.45) is 50.2 Å². The summed E-state index contributed by atoms with van der Waals surface area (Å²) in [6, 6.07) is -0.770. The first-order chi connectivity index (χ1) is 19.1. The molecule has 0 radical (unpaired) electrons. The average Bonchev–Trinajstić information content (AvgIpc) is 2.91. The SMILES string of the molecule is [C-]#[N+]C1C[C@]2(C)C3=CC(=O)[C@@H]4[C@@H]5CC(C)(C)CC[C@]5(C(=O)OC)CC[C@@]4(C)[C@]3(C)CC[C@H]2[C@@](C)(COCOC)C1=O. The Morgan fingerprint density at radius 2 is 1.68 bits per heavy atom. The summed E-state index contributed by atoms with van der Waals surface area (Å²) in [7, 11) is 3.04. The average molecular weight is 568 g/mol. The van der Waals surface area contributed by atoms with E-state index in [9.17, 15) is 14.4 Å². The van der Waals surface area contributed by atoms with E-state index in [1.54, 1.807) is 7.11 Å². The van der Waals surface area contributed by atoms with Crippen LogP contribution < -0.4 is 0 Å².